The lowest BCUT2D eigenvalue weighted by atomic mass is 10.1. The minimum absolute atomic E-state index is 0.526. The number of ether oxygens (including phenoxy) is 1. The van der Waals surface area contributed by atoms with E-state index in [-0.39, 0.29) is 0 Å². The molecule has 0 heterocycles. The molecule has 1 aliphatic rings. The van der Waals surface area contributed by atoms with Crippen LogP contribution in [0.1, 0.15) is 12.8 Å². The maximum absolute atomic E-state index is 5.14. The number of rotatable bonds is 4. The first-order valence-corrected chi connectivity index (χ1v) is 3.82. The third kappa shape index (κ3) is 1.96. The Kier molecular flexibility index (Phi) is 2.32. The third-order valence-corrected chi connectivity index (χ3v) is 2.06. The Morgan fingerprint density at radius 1 is 1.40 bits per heavy atom. The van der Waals surface area contributed by atoms with E-state index in [0.717, 1.165) is 6.61 Å². The second-order valence-corrected chi connectivity index (χ2v) is 3.67. The van der Waals surface area contributed by atoms with Gasteiger partial charge in [0.25, 0.3) is 0 Å². The van der Waals surface area contributed by atoms with Gasteiger partial charge >= 0.3 is 0 Å². The smallest absolute Gasteiger partial charge is 0.0530 e. The number of hydrogen-bond acceptors (Lipinski definition) is 2. The molecule has 0 atom stereocenters. The van der Waals surface area contributed by atoms with Gasteiger partial charge in [-0.2, -0.15) is 0 Å². The molecule has 10 heavy (non-hydrogen) atoms. The molecule has 0 N–H and O–H groups in total. The maximum Gasteiger partial charge on any atom is 0.0530 e. The van der Waals surface area contributed by atoms with E-state index in [1.807, 2.05) is 0 Å². The first-order chi connectivity index (χ1) is 4.68. The van der Waals surface area contributed by atoms with Crippen molar-refractivity contribution < 1.29 is 4.74 Å². The van der Waals surface area contributed by atoms with Gasteiger partial charge in [0, 0.05) is 19.1 Å². The van der Waals surface area contributed by atoms with Gasteiger partial charge in [-0.1, -0.05) is 0 Å². The van der Waals surface area contributed by atoms with Gasteiger partial charge in [-0.25, -0.2) is 0 Å². The Morgan fingerprint density at radius 3 is 2.30 bits per heavy atom. The van der Waals surface area contributed by atoms with Crippen molar-refractivity contribution in [3.8, 4) is 0 Å². The van der Waals surface area contributed by atoms with Gasteiger partial charge in [-0.15, -0.1) is 0 Å². The topological polar surface area (TPSA) is 12.5 Å². The molecule has 0 spiro atoms. The zero-order valence-electron chi connectivity index (χ0n) is 7.18. The first kappa shape index (κ1) is 8.02. The summed E-state index contributed by atoms with van der Waals surface area (Å²) >= 11 is 0. The quantitative estimate of drug-likeness (QED) is 0.581. The van der Waals surface area contributed by atoms with E-state index >= 15 is 0 Å². The van der Waals surface area contributed by atoms with Crippen molar-refractivity contribution in [3.05, 3.63) is 0 Å². The van der Waals surface area contributed by atoms with Gasteiger partial charge in [0.05, 0.1) is 6.61 Å². The number of nitrogens with zero attached hydrogens (tertiary/aromatic N) is 1. The fraction of sp³-hybridized carbons (Fsp3) is 1.00. The van der Waals surface area contributed by atoms with E-state index in [1.54, 1.807) is 7.11 Å². The molecule has 0 aromatic rings. The molecule has 2 nitrogen and oxygen atoms in total. The molecule has 0 radical (unpaired) electrons. The molecule has 1 aliphatic carbocycles. The van der Waals surface area contributed by atoms with Crippen LogP contribution in [0.15, 0.2) is 0 Å². The number of methoxy groups -OCH3 is 1. The second-order valence-electron chi connectivity index (χ2n) is 3.67. The van der Waals surface area contributed by atoms with E-state index in [1.165, 1.54) is 19.4 Å². The summed E-state index contributed by atoms with van der Waals surface area (Å²) in [7, 11) is 6.03. The summed E-state index contributed by atoms with van der Waals surface area (Å²) in [4.78, 5) is 2.24. The fourth-order valence-electron chi connectivity index (χ4n) is 1.50. The molecule has 0 aromatic heterocycles. The highest BCUT2D eigenvalue weighted by Gasteiger charge is 2.42. The molecule has 60 valence electrons. The van der Waals surface area contributed by atoms with Crippen molar-refractivity contribution >= 4 is 0 Å². The molecule has 2 heteroatoms. The summed E-state index contributed by atoms with van der Waals surface area (Å²) in [6.07, 6.45) is 2.69. The molecule has 0 saturated heterocycles. The molecule has 0 bridgehead atoms. The van der Waals surface area contributed by atoms with Crippen molar-refractivity contribution in [2.75, 3.05) is 34.4 Å². The van der Waals surface area contributed by atoms with Crippen molar-refractivity contribution in [2.45, 2.75) is 12.8 Å². The minimum Gasteiger partial charge on any atom is -0.384 e. The average Bonchev–Trinajstić information content (AvgIpc) is 2.47. The Balaban J connectivity index is 2.23. The third-order valence-electron chi connectivity index (χ3n) is 2.06. The van der Waals surface area contributed by atoms with Gasteiger partial charge < -0.3 is 9.64 Å². The number of hydrogen-bond donors (Lipinski definition) is 0. The average molecular weight is 143 g/mol. The summed E-state index contributed by atoms with van der Waals surface area (Å²) in [5.74, 6) is 0. The summed E-state index contributed by atoms with van der Waals surface area (Å²) in [5.41, 5.74) is 0.526. The van der Waals surface area contributed by atoms with Gasteiger partial charge in [0.2, 0.25) is 0 Å². The van der Waals surface area contributed by atoms with E-state index in [2.05, 4.69) is 19.0 Å². The van der Waals surface area contributed by atoms with Crippen LogP contribution in [-0.2, 0) is 4.74 Å². The standard InChI is InChI=1S/C8H17NO/c1-9(2)6-8(4-5-8)7-10-3/h4-7H2,1-3H3. The maximum atomic E-state index is 5.14. The first-order valence-electron chi connectivity index (χ1n) is 3.82. The molecule has 0 unspecified atom stereocenters. The van der Waals surface area contributed by atoms with Crippen LogP contribution in [-0.4, -0.2) is 39.3 Å². The Bertz CT molecular complexity index is 108. The SMILES string of the molecule is COCC1(CN(C)C)CC1. The summed E-state index contributed by atoms with van der Waals surface area (Å²) in [6, 6.07) is 0. The second kappa shape index (κ2) is 2.89. The van der Waals surface area contributed by atoms with E-state index in [9.17, 15) is 0 Å². The summed E-state index contributed by atoms with van der Waals surface area (Å²) in [5, 5.41) is 0. The largest absolute Gasteiger partial charge is 0.384 e. The predicted octanol–water partition coefficient (Wildman–Crippen LogP) is 0.975. The minimum atomic E-state index is 0.526. The fourth-order valence-corrected chi connectivity index (χ4v) is 1.50. The van der Waals surface area contributed by atoms with E-state index in [0.29, 0.717) is 5.41 Å². The Morgan fingerprint density at radius 2 is 2.00 bits per heavy atom. The van der Waals surface area contributed by atoms with E-state index < -0.39 is 0 Å². The molecular weight excluding hydrogens is 126 g/mol. The van der Waals surface area contributed by atoms with Crippen LogP contribution in [0.4, 0.5) is 0 Å². The molecule has 1 fully saturated rings. The molecular formula is C8H17NO. The lowest BCUT2D eigenvalue weighted by Crippen LogP contribution is -2.25. The molecule has 1 saturated carbocycles. The molecule has 1 rings (SSSR count). The van der Waals surface area contributed by atoms with Crippen molar-refractivity contribution in [1.29, 1.82) is 0 Å². The Labute approximate surface area is 63.2 Å². The van der Waals surface area contributed by atoms with Gasteiger partial charge in [-0.3, -0.25) is 0 Å². The van der Waals surface area contributed by atoms with Crippen LogP contribution >= 0.6 is 0 Å². The van der Waals surface area contributed by atoms with Crippen molar-refractivity contribution in [2.24, 2.45) is 5.41 Å². The van der Waals surface area contributed by atoms with Gasteiger partial charge in [0.15, 0.2) is 0 Å². The van der Waals surface area contributed by atoms with Crippen LogP contribution in [0.25, 0.3) is 0 Å². The van der Waals surface area contributed by atoms with Crippen molar-refractivity contribution in [3.63, 3.8) is 0 Å². The van der Waals surface area contributed by atoms with Crippen LogP contribution in [0.5, 0.6) is 0 Å². The predicted molar refractivity (Wildman–Crippen MR) is 42.1 cm³/mol. The van der Waals surface area contributed by atoms with Gasteiger partial charge in [-0.05, 0) is 26.9 Å². The zero-order chi connectivity index (χ0) is 7.61. The summed E-state index contributed by atoms with van der Waals surface area (Å²) < 4.78 is 5.14. The molecule has 0 aromatic carbocycles. The van der Waals surface area contributed by atoms with Crippen LogP contribution in [0.2, 0.25) is 0 Å². The Hall–Kier alpha value is -0.0800. The van der Waals surface area contributed by atoms with Crippen molar-refractivity contribution in [1.82, 2.24) is 4.90 Å². The lowest BCUT2D eigenvalue weighted by Gasteiger charge is -2.18. The highest BCUT2D eigenvalue weighted by atomic mass is 16.5. The zero-order valence-corrected chi connectivity index (χ0v) is 7.18. The van der Waals surface area contributed by atoms with Crippen LogP contribution in [0, 0.1) is 5.41 Å². The monoisotopic (exact) mass is 143 g/mol. The molecule has 0 aliphatic heterocycles. The lowest BCUT2D eigenvalue weighted by molar-refractivity contribution is 0.122. The van der Waals surface area contributed by atoms with Crippen LogP contribution in [0.3, 0.4) is 0 Å². The van der Waals surface area contributed by atoms with Gasteiger partial charge in [0.1, 0.15) is 0 Å². The summed E-state index contributed by atoms with van der Waals surface area (Å²) in [6.45, 7) is 2.12. The van der Waals surface area contributed by atoms with Crippen LogP contribution < -0.4 is 0 Å². The molecule has 0 amide bonds. The highest BCUT2D eigenvalue weighted by Crippen LogP contribution is 2.45. The van der Waals surface area contributed by atoms with E-state index in [4.69, 9.17) is 4.74 Å². The normalized spacial score (nSPS) is 21.6. The highest BCUT2D eigenvalue weighted by molar-refractivity contribution is 4.94.